The molecule has 0 radical (unpaired) electrons. The molecule has 2 N–H and O–H groups in total. The van der Waals surface area contributed by atoms with Crippen molar-refractivity contribution >= 4 is 17.2 Å². The Labute approximate surface area is 113 Å². The lowest BCUT2D eigenvalue weighted by Gasteiger charge is -2.33. The van der Waals surface area contributed by atoms with Crippen LogP contribution in [0.5, 0.6) is 0 Å². The lowest BCUT2D eigenvalue weighted by Crippen LogP contribution is -2.36. The van der Waals surface area contributed by atoms with Crippen molar-refractivity contribution in [3.63, 3.8) is 0 Å². The van der Waals surface area contributed by atoms with Crippen molar-refractivity contribution in [2.24, 2.45) is 5.73 Å². The molecule has 2 rings (SSSR count). The van der Waals surface area contributed by atoms with Crippen LogP contribution >= 0.6 is 12.2 Å². The predicted octanol–water partition coefficient (Wildman–Crippen LogP) is 2.83. The van der Waals surface area contributed by atoms with Crippen molar-refractivity contribution in [2.45, 2.75) is 38.8 Å². The molecule has 1 unspecified atom stereocenters. The minimum Gasteiger partial charge on any atom is -0.389 e. The number of thiocarbonyl (C=S) groups is 1. The summed E-state index contributed by atoms with van der Waals surface area (Å²) >= 11 is 4.91. The molecule has 1 aliphatic heterocycles. The van der Waals surface area contributed by atoms with E-state index in [4.69, 9.17) is 18.0 Å². The molecule has 1 saturated heterocycles. The molecule has 1 heterocycles. The number of nitrogens with zero attached hydrogens (tertiary/aromatic N) is 1. The minimum absolute atomic E-state index is 0.252. The van der Waals surface area contributed by atoms with E-state index >= 15 is 0 Å². The van der Waals surface area contributed by atoms with Crippen LogP contribution in [0.1, 0.15) is 37.3 Å². The number of hydrogen-bond acceptors (Lipinski definition) is 2. The van der Waals surface area contributed by atoms with E-state index < -0.39 is 0 Å². The zero-order valence-electron chi connectivity index (χ0n) is 10.7. The van der Waals surface area contributed by atoms with Gasteiger partial charge in [0, 0.05) is 18.2 Å². The molecule has 1 atom stereocenters. The van der Waals surface area contributed by atoms with Crippen LogP contribution < -0.4 is 5.73 Å². The van der Waals surface area contributed by atoms with E-state index in [2.05, 4.69) is 11.8 Å². The first-order valence-corrected chi connectivity index (χ1v) is 6.80. The van der Waals surface area contributed by atoms with E-state index in [1.165, 1.54) is 25.3 Å². The fraction of sp³-hybridized carbons (Fsp3) is 0.500. The van der Waals surface area contributed by atoms with Gasteiger partial charge in [-0.05, 0) is 50.1 Å². The molecule has 0 saturated carbocycles. The van der Waals surface area contributed by atoms with E-state index in [1.54, 1.807) is 6.07 Å². The predicted molar refractivity (Wildman–Crippen MR) is 76.0 cm³/mol. The van der Waals surface area contributed by atoms with Gasteiger partial charge in [0.05, 0.1) is 0 Å². The first-order valence-electron chi connectivity index (χ1n) is 6.39. The Kier molecular flexibility index (Phi) is 4.30. The smallest absolute Gasteiger partial charge is 0.124 e. The third-order valence-corrected chi connectivity index (χ3v) is 3.80. The zero-order valence-corrected chi connectivity index (χ0v) is 11.5. The number of likely N-dealkylation sites (tertiary alicyclic amines) is 1. The Morgan fingerprint density at radius 1 is 1.44 bits per heavy atom. The summed E-state index contributed by atoms with van der Waals surface area (Å²) < 4.78 is 13.5. The fourth-order valence-corrected chi connectivity index (χ4v) is 2.63. The average molecular weight is 266 g/mol. The monoisotopic (exact) mass is 266 g/mol. The topological polar surface area (TPSA) is 29.3 Å². The lowest BCUT2D eigenvalue weighted by molar-refractivity contribution is 0.152. The molecule has 0 amide bonds. The number of halogens is 1. The maximum atomic E-state index is 13.5. The van der Waals surface area contributed by atoms with Gasteiger partial charge in [-0.1, -0.05) is 18.6 Å². The number of hydrogen-bond donors (Lipinski definition) is 1. The van der Waals surface area contributed by atoms with Gasteiger partial charge in [0.15, 0.2) is 0 Å². The molecule has 1 aromatic carbocycles. The highest BCUT2D eigenvalue weighted by Crippen LogP contribution is 2.20. The maximum Gasteiger partial charge on any atom is 0.124 e. The molecular formula is C14H19FN2S. The molecule has 1 aliphatic rings. The first-order chi connectivity index (χ1) is 8.56. The largest absolute Gasteiger partial charge is 0.389 e. The molecule has 1 aromatic rings. The van der Waals surface area contributed by atoms with Crippen LogP contribution in [0.15, 0.2) is 18.2 Å². The molecule has 1 fully saturated rings. The molecule has 2 nitrogen and oxygen atoms in total. The second-order valence-electron chi connectivity index (χ2n) is 5.03. The Morgan fingerprint density at radius 3 is 2.89 bits per heavy atom. The van der Waals surface area contributed by atoms with Crippen molar-refractivity contribution in [3.8, 4) is 0 Å². The first kappa shape index (κ1) is 13.4. The van der Waals surface area contributed by atoms with Crippen molar-refractivity contribution in [2.75, 3.05) is 6.54 Å². The van der Waals surface area contributed by atoms with Crippen LogP contribution in [0.4, 0.5) is 4.39 Å². The van der Waals surface area contributed by atoms with Crippen molar-refractivity contribution in [1.82, 2.24) is 4.90 Å². The Bertz CT molecular complexity index is 447. The number of benzene rings is 1. The van der Waals surface area contributed by atoms with Crippen LogP contribution in [0.3, 0.4) is 0 Å². The SMILES string of the molecule is CC1CCCCN1Cc1cc(F)cc(C(N)=S)c1. The fourth-order valence-electron chi connectivity index (χ4n) is 2.51. The standard InChI is InChI=1S/C14H19FN2S/c1-10-4-2-3-5-17(10)9-11-6-12(14(16)18)8-13(15)7-11/h6-8,10H,2-5,9H2,1H3,(H2,16,18). The van der Waals surface area contributed by atoms with Crippen LogP contribution in [-0.4, -0.2) is 22.5 Å². The van der Waals surface area contributed by atoms with Gasteiger partial charge in [-0.25, -0.2) is 4.39 Å². The van der Waals surface area contributed by atoms with E-state index in [-0.39, 0.29) is 10.8 Å². The molecule has 0 spiro atoms. The van der Waals surface area contributed by atoms with Gasteiger partial charge in [-0.3, -0.25) is 4.90 Å². The number of rotatable bonds is 3. The normalized spacial score (nSPS) is 20.9. The average Bonchev–Trinajstić information content (AvgIpc) is 2.31. The number of nitrogens with two attached hydrogens (primary N) is 1. The zero-order chi connectivity index (χ0) is 13.1. The van der Waals surface area contributed by atoms with E-state index in [0.717, 1.165) is 18.7 Å². The van der Waals surface area contributed by atoms with E-state index in [9.17, 15) is 4.39 Å². The van der Waals surface area contributed by atoms with Gasteiger partial charge in [-0.15, -0.1) is 0 Å². The van der Waals surface area contributed by atoms with Gasteiger partial charge < -0.3 is 5.73 Å². The van der Waals surface area contributed by atoms with Gasteiger partial charge in [-0.2, -0.15) is 0 Å². The summed E-state index contributed by atoms with van der Waals surface area (Å²) in [4.78, 5) is 2.64. The van der Waals surface area contributed by atoms with Crippen LogP contribution in [0, 0.1) is 5.82 Å². The molecular weight excluding hydrogens is 247 g/mol. The Morgan fingerprint density at radius 2 is 2.22 bits per heavy atom. The summed E-state index contributed by atoms with van der Waals surface area (Å²) in [6.07, 6.45) is 3.73. The summed E-state index contributed by atoms with van der Waals surface area (Å²) in [7, 11) is 0. The van der Waals surface area contributed by atoms with Crippen LogP contribution in [-0.2, 0) is 6.54 Å². The summed E-state index contributed by atoms with van der Waals surface area (Å²) in [6.45, 7) is 4.08. The van der Waals surface area contributed by atoms with Crippen molar-refractivity contribution in [1.29, 1.82) is 0 Å². The van der Waals surface area contributed by atoms with Gasteiger partial charge in [0.2, 0.25) is 0 Å². The van der Waals surface area contributed by atoms with E-state index in [1.807, 2.05) is 6.07 Å². The molecule has 0 bridgehead atoms. The molecule has 4 heteroatoms. The van der Waals surface area contributed by atoms with E-state index in [0.29, 0.717) is 11.6 Å². The highest BCUT2D eigenvalue weighted by molar-refractivity contribution is 7.80. The highest BCUT2D eigenvalue weighted by Gasteiger charge is 2.18. The van der Waals surface area contributed by atoms with Crippen LogP contribution in [0.2, 0.25) is 0 Å². The van der Waals surface area contributed by atoms with Gasteiger partial charge in [0.1, 0.15) is 10.8 Å². The summed E-state index contributed by atoms with van der Waals surface area (Å²) in [5.74, 6) is -0.264. The third kappa shape index (κ3) is 3.27. The van der Waals surface area contributed by atoms with Gasteiger partial charge >= 0.3 is 0 Å². The molecule has 0 aromatic heterocycles. The minimum atomic E-state index is -0.264. The molecule has 18 heavy (non-hydrogen) atoms. The highest BCUT2D eigenvalue weighted by atomic mass is 32.1. The van der Waals surface area contributed by atoms with Crippen LogP contribution in [0.25, 0.3) is 0 Å². The quantitative estimate of drug-likeness (QED) is 0.853. The Hall–Kier alpha value is -1.00. The summed E-state index contributed by atoms with van der Waals surface area (Å²) in [5.41, 5.74) is 7.13. The molecule has 98 valence electrons. The number of piperidine rings is 1. The molecule has 0 aliphatic carbocycles. The lowest BCUT2D eigenvalue weighted by atomic mass is 10.0. The van der Waals surface area contributed by atoms with Gasteiger partial charge in [0.25, 0.3) is 0 Å². The Balaban J connectivity index is 2.15. The van der Waals surface area contributed by atoms with Crippen molar-refractivity contribution < 1.29 is 4.39 Å². The van der Waals surface area contributed by atoms with Crippen molar-refractivity contribution in [3.05, 3.63) is 35.1 Å². The maximum absolute atomic E-state index is 13.5. The third-order valence-electron chi connectivity index (χ3n) is 3.57. The summed E-state index contributed by atoms with van der Waals surface area (Å²) in [6, 6.07) is 5.43. The second kappa shape index (κ2) is 5.76. The summed E-state index contributed by atoms with van der Waals surface area (Å²) in [5, 5.41) is 0. The second-order valence-corrected chi connectivity index (χ2v) is 5.47.